The number of aromatic nitrogens is 2. The number of fused-ring (bicyclic) bond motifs is 1. The maximum Gasteiger partial charge on any atom is 0.321 e. The minimum atomic E-state index is 0.423. The van der Waals surface area contributed by atoms with Crippen LogP contribution in [0.2, 0.25) is 0 Å². The van der Waals surface area contributed by atoms with Gasteiger partial charge in [-0.25, -0.2) is 9.97 Å². The zero-order valence-electron chi connectivity index (χ0n) is 9.60. The Labute approximate surface area is 100 Å². The van der Waals surface area contributed by atoms with Crippen molar-refractivity contribution >= 4 is 0 Å². The van der Waals surface area contributed by atoms with Crippen LogP contribution in [0.4, 0.5) is 0 Å². The molecule has 0 spiro atoms. The molecule has 3 rings (SSSR count). The quantitative estimate of drug-likeness (QED) is 0.789. The fraction of sp³-hybridized carbons (Fsp3) is 0.286. The van der Waals surface area contributed by atoms with Crippen molar-refractivity contribution in [3.8, 4) is 11.8 Å². The van der Waals surface area contributed by atoms with E-state index in [-0.39, 0.29) is 0 Å². The monoisotopic (exact) mass is 226 g/mol. The van der Waals surface area contributed by atoms with Gasteiger partial charge in [-0.1, -0.05) is 12.1 Å². The van der Waals surface area contributed by atoms with E-state index in [1.54, 1.807) is 18.5 Å². The predicted octanol–water partition coefficient (Wildman–Crippen LogP) is 3.15. The highest BCUT2D eigenvalue weighted by molar-refractivity contribution is 5.42. The molecule has 0 bridgehead atoms. The molecule has 1 aromatic heterocycles. The van der Waals surface area contributed by atoms with Crippen LogP contribution in [0.15, 0.2) is 36.7 Å². The molecule has 2 aromatic rings. The Morgan fingerprint density at radius 3 is 2.65 bits per heavy atom. The highest BCUT2D eigenvalue weighted by Gasteiger charge is 2.14. The number of aryl methyl sites for hydroxylation is 1. The van der Waals surface area contributed by atoms with E-state index < -0.39 is 0 Å². The van der Waals surface area contributed by atoms with E-state index in [1.165, 1.54) is 24.0 Å². The van der Waals surface area contributed by atoms with E-state index in [1.807, 2.05) is 12.1 Å². The summed E-state index contributed by atoms with van der Waals surface area (Å²) in [4.78, 5) is 8.18. The second-order valence-corrected chi connectivity index (χ2v) is 4.23. The highest BCUT2D eigenvalue weighted by Crippen LogP contribution is 2.31. The molecule has 0 atom stereocenters. The van der Waals surface area contributed by atoms with Crippen molar-refractivity contribution in [3.05, 3.63) is 47.8 Å². The third kappa shape index (κ3) is 2.13. The molecule has 17 heavy (non-hydrogen) atoms. The van der Waals surface area contributed by atoms with E-state index in [4.69, 9.17) is 4.74 Å². The largest absolute Gasteiger partial charge is 0.424 e. The van der Waals surface area contributed by atoms with Crippen molar-refractivity contribution in [2.75, 3.05) is 0 Å². The third-order valence-corrected chi connectivity index (χ3v) is 3.10. The van der Waals surface area contributed by atoms with Gasteiger partial charge in [0.25, 0.3) is 0 Å². The third-order valence-electron chi connectivity index (χ3n) is 3.10. The Balaban J connectivity index is 1.93. The van der Waals surface area contributed by atoms with Gasteiger partial charge in [-0.05, 0) is 48.9 Å². The molecule has 0 amide bonds. The molecular weight excluding hydrogens is 212 g/mol. The van der Waals surface area contributed by atoms with E-state index in [9.17, 15) is 0 Å². The number of hydrogen-bond donors (Lipinski definition) is 0. The molecule has 1 aliphatic carbocycles. The molecular formula is C14H14N2O. The molecule has 0 aliphatic heterocycles. The lowest BCUT2D eigenvalue weighted by Crippen LogP contribution is -2.04. The maximum absolute atomic E-state index is 5.75. The van der Waals surface area contributed by atoms with Crippen molar-refractivity contribution < 1.29 is 4.74 Å². The molecule has 3 nitrogen and oxygen atoms in total. The molecule has 0 saturated heterocycles. The zero-order chi connectivity index (χ0) is 11.5. The number of rotatable bonds is 2. The number of nitrogens with zero attached hydrogens (tertiary/aromatic N) is 2. The summed E-state index contributed by atoms with van der Waals surface area (Å²) >= 11 is 0. The summed E-state index contributed by atoms with van der Waals surface area (Å²) in [6, 6.07) is 8.44. The molecule has 3 heteroatoms. The van der Waals surface area contributed by atoms with Gasteiger partial charge in [-0.2, -0.15) is 0 Å². The standard InChI is InChI=1S/C14H14N2O/c1-2-7-12-11(5-1)6-3-8-13(12)17-14-15-9-4-10-16-14/h3-4,6,8-10H,1-2,5,7H2. The fourth-order valence-corrected chi connectivity index (χ4v) is 2.28. The first-order valence-electron chi connectivity index (χ1n) is 5.99. The van der Waals surface area contributed by atoms with Crippen molar-refractivity contribution in [2.24, 2.45) is 0 Å². The van der Waals surface area contributed by atoms with Crippen LogP contribution in [0, 0.1) is 0 Å². The van der Waals surface area contributed by atoms with E-state index in [2.05, 4.69) is 16.0 Å². The summed E-state index contributed by atoms with van der Waals surface area (Å²) in [5, 5.41) is 0. The normalized spacial score (nSPS) is 14.1. The van der Waals surface area contributed by atoms with E-state index in [0.717, 1.165) is 18.6 Å². The van der Waals surface area contributed by atoms with Gasteiger partial charge in [0.1, 0.15) is 5.75 Å². The molecule has 1 aliphatic rings. The lowest BCUT2D eigenvalue weighted by molar-refractivity contribution is 0.432. The smallest absolute Gasteiger partial charge is 0.321 e. The SMILES string of the molecule is c1cnc(Oc2cccc3c2CCCC3)nc1. The lowest BCUT2D eigenvalue weighted by atomic mass is 9.91. The lowest BCUT2D eigenvalue weighted by Gasteiger charge is -2.18. The second-order valence-electron chi connectivity index (χ2n) is 4.23. The average Bonchev–Trinajstić information content (AvgIpc) is 2.40. The first kappa shape index (κ1) is 10.3. The number of hydrogen-bond acceptors (Lipinski definition) is 3. The Hall–Kier alpha value is -1.90. The Morgan fingerprint density at radius 1 is 0.941 bits per heavy atom. The molecule has 1 heterocycles. The molecule has 1 aromatic carbocycles. The molecule has 0 radical (unpaired) electrons. The van der Waals surface area contributed by atoms with Gasteiger partial charge in [0, 0.05) is 12.4 Å². The van der Waals surface area contributed by atoms with E-state index in [0.29, 0.717) is 6.01 Å². The van der Waals surface area contributed by atoms with Gasteiger partial charge in [0.05, 0.1) is 0 Å². The summed E-state index contributed by atoms with van der Waals surface area (Å²) < 4.78 is 5.75. The van der Waals surface area contributed by atoms with Crippen LogP contribution in [0.3, 0.4) is 0 Å². The van der Waals surface area contributed by atoms with Gasteiger partial charge in [-0.3, -0.25) is 0 Å². The van der Waals surface area contributed by atoms with Crippen LogP contribution < -0.4 is 4.74 Å². The van der Waals surface area contributed by atoms with Crippen LogP contribution in [0.5, 0.6) is 11.8 Å². The number of benzene rings is 1. The van der Waals surface area contributed by atoms with Crippen molar-refractivity contribution in [1.82, 2.24) is 9.97 Å². The van der Waals surface area contributed by atoms with Crippen LogP contribution in [0.1, 0.15) is 24.0 Å². The van der Waals surface area contributed by atoms with Crippen molar-refractivity contribution in [2.45, 2.75) is 25.7 Å². The molecule has 0 saturated carbocycles. The summed E-state index contributed by atoms with van der Waals surface area (Å²) in [6.45, 7) is 0. The Kier molecular flexibility index (Phi) is 2.74. The van der Waals surface area contributed by atoms with Crippen LogP contribution in [0.25, 0.3) is 0 Å². The summed E-state index contributed by atoms with van der Waals surface area (Å²) in [5.74, 6) is 0.911. The van der Waals surface area contributed by atoms with E-state index >= 15 is 0 Å². The van der Waals surface area contributed by atoms with Gasteiger partial charge < -0.3 is 4.74 Å². The minimum Gasteiger partial charge on any atom is -0.424 e. The Morgan fingerprint density at radius 2 is 1.76 bits per heavy atom. The van der Waals surface area contributed by atoms with Gasteiger partial charge in [-0.15, -0.1) is 0 Å². The van der Waals surface area contributed by atoms with Crippen molar-refractivity contribution in [3.63, 3.8) is 0 Å². The summed E-state index contributed by atoms with van der Waals surface area (Å²) in [6.07, 6.45) is 8.15. The highest BCUT2D eigenvalue weighted by atomic mass is 16.5. The molecule has 0 unspecified atom stereocenters. The zero-order valence-corrected chi connectivity index (χ0v) is 9.60. The average molecular weight is 226 g/mol. The first-order chi connectivity index (χ1) is 8.43. The molecule has 0 fully saturated rings. The second kappa shape index (κ2) is 4.53. The first-order valence-corrected chi connectivity index (χ1v) is 5.99. The maximum atomic E-state index is 5.75. The van der Waals surface area contributed by atoms with Crippen LogP contribution in [-0.4, -0.2) is 9.97 Å². The minimum absolute atomic E-state index is 0.423. The topological polar surface area (TPSA) is 35.0 Å². The number of ether oxygens (including phenoxy) is 1. The van der Waals surface area contributed by atoms with Crippen molar-refractivity contribution in [1.29, 1.82) is 0 Å². The van der Waals surface area contributed by atoms with Crippen LogP contribution >= 0.6 is 0 Å². The van der Waals surface area contributed by atoms with Gasteiger partial charge in [0.2, 0.25) is 0 Å². The predicted molar refractivity (Wildman–Crippen MR) is 65.2 cm³/mol. The van der Waals surface area contributed by atoms with Gasteiger partial charge in [0.15, 0.2) is 0 Å². The summed E-state index contributed by atoms with van der Waals surface area (Å²) in [5.41, 5.74) is 2.73. The Bertz CT molecular complexity index is 511. The molecule has 0 N–H and O–H groups in total. The summed E-state index contributed by atoms with van der Waals surface area (Å²) in [7, 11) is 0. The van der Waals surface area contributed by atoms with Crippen LogP contribution in [-0.2, 0) is 12.8 Å². The van der Waals surface area contributed by atoms with Gasteiger partial charge >= 0.3 is 6.01 Å². The molecule has 86 valence electrons. The fourth-order valence-electron chi connectivity index (χ4n) is 2.28.